The van der Waals surface area contributed by atoms with Gasteiger partial charge in [0, 0.05) is 13.0 Å². The molecule has 0 spiro atoms. The summed E-state index contributed by atoms with van der Waals surface area (Å²) in [5, 5.41) is 13.9. The van der Waals surface area contributed by atoms with Gasteiger partial charge in [0.25, 0.3) is 0 Å². The number of alkyl carbamates (subject to hydrolysis) is 1. The quantitative estimate of drug-likeness (QED) is 0.839. The second kappa shape index (κ2) is 8.21. The summed E-state index contributed by atoms with van der Waals surface area (Å²) in [6.07, 6.45) is 0.485. The second-order valence-electron chi connectivity index (χ2n) is 7.40. The van der Waals surface area contributed by atoms with E-state index in [0.717, 1.165) is 5.56 Å². The van der Waals surface area contributed by atoms with Gasteiger partial charge in [-0.3, -0.25) is 4.79 Å². The van der Waals surface area contributed by atoms with Crippen molar-refractivity contribution < 1.29 is 24.2 Å². The molecule has 1 aliphatic rings. The lowest BCUT2D eigenvalue weighted by Crippen LogP contribution is -2.55. The van der Waals surface area contributed by atoms with Gasteiger partial charge in [-0.25, -0.2) is 4.79 Å². The number of carboxylic acids is 1. The van der Waals surface area contributed by atoms with Crippen molar-refractivity contribution in [3.8, 4) is 0 Å². The molecule has 7 nitrogen and oxygen atoms in total. The van der Waals surface area contributed by atoms with Gasteiger partial charge in [-0.2, -0.15) is 0 Å². The van der Waals surface area contributed by atoms with Crippen molar-refractivity contribution in [1.29, 1.82) is 0 Å². The summed E-state index contributed by atoms with van der Waals surface area (Å²) in [7, 11) is 0. The Morgan fingerprint density at radius 2 is 1.92 bits per heavy atom. The van der Waals surface area contributed by atoms with E-state index in [1.165, 1.54) is 4.90 Å². The number of likely N-dealkylation sites (tertiary alicyclic amines) is 1. The molecule has 0 aromatic heterocycles. The van der Waals surface area contributed by atoms with Crippen LogP contribution in [0, 0.1) is 0 Å². The Morgan fingerprint density at radius 1 is 1.27 bits per heavy atom. The predicted octanol–water partition coefficient (Wildman–Crippen LogP) is 0.863. The van der Waals surface area contributed by atoms with Gasteiger partial charge in [0.05, 0.1) is 12.0 Å². The summed E-state index contributed by atoms with van der Waals surface area (Å²) < 4.78 is 5.24. The molecule has 2 atom stereocenters. The summed E-state index contributed by atoms with van der Waals surface area (Å²) >= 11 is 0. The Kier molecular flexibility index (Phi) is 6.23. The third kappa shape index (κ3) is 5.47. The molecular formula is C19H25N2O5-. The number of aliphatic carboxylic acids is 1. The van der Waals surface area contributed by atoms with E-state index in [0.29, 0.717) is 19.4 Å². The molecule has 1 saturated heterocycles. The molecule has 142 valence electrons. The van der Waals surface area contributed by atoms with Crippen LogP contribution < -0.4 is 10.4 Å². The van der Waals surface area contributed by atoms with Gasteiger partial charge >= 0.3 is 6.09 Å². The molecule has 0 aliphatic carbocycles. The molecule has 2 rings (SSSR count). The van der Waals surface area contributed by atoms with Crippen molar-refractivity contribution in [2.75, 3.05) is 6.54 Å². The number of nitrogens with one attached hydrogen (secondary N) is 1. The molecular weight excluding hydrogens is 336 g/mol. The number of hydrogen-bond acceptors (Lipinski definition) is 5. The van der Waals surface area contributed by atoms with Crippen molar-refractivity contribution in [3.05, 3.63) is 35.9 Å². The first kappa shape index (κ1) is 19.8. The summed E-state index contributed by atoms with van der Waals surface area (Å²) in [6, 6.07) is 7.35. The van der Waals surface area contributed by atoms with Crippen LogP contribution in [-0.4, -0.2) is 47.1 Å². The summed E-state index contributed by atoms with van der Waals surface area (Å²) in [5.74, 6) is -1.71. The number of hydrogen-bond donors (Lipinski definition) is 1. The number of amides is 2. The van der Waals surface area contributed by atoms with E-state index in [9.17, 15) is 19.5 Å². The van der Waals surface area contributed by atoms with E-state index >= 15 is 0 Å². The monoisotopic (exact) mass is 361 g/mol. The van der Waals surface area contributed by atoms with Gasteiger partial charge in [-0.15, -0.1) is 0 Å². The SMILES string of the molecule is CC(C)(C)OC(=O)N[C@H](Cc1ccccc1)C(=O)N1CCC[C@@H]1C(=O)[O-]. The fourth-order valence-electron chi connectivity index (χ4n) is 2.98. The first-order chi connectivity index (χ1) is 12.2. The second-order valence-corrected chi connectivity index (χ2v) is 7.40. The highest BCUT2D eigenvalue weighted by Gasteiger charge is 2.35. The van der Waals surface area contributed by atoms with Crippen LogP contribution in [0.4, 0.5) is 4.79 Å². The molecule has 26 heavy (non-hydrogen) atoms. The van der Waals surface area contributed by atoms with Crippen LogP contribution in [0.1, 0.15) is 39.2 Å². The number of carbonyl (C=O) groups excluding carboxylic acids is 3. The molecule has 0 unspecified atom stereocenters. The van der Waals surface area contributed by atoms with Gasteiger partial charge in [0.2, 0.25) is 5.91 Å². The molecule has 1 heterocycles. The van der Waals surface area contributed by atoms with Crippen LogP contribution in [0.25, 0.3) is 0 Å². The van der Waals surface area contributed by atoms with E-state index in [1.54, 1.807) is 20.8 Å². The summed E-state index contributed by atoms with van der Waals surface area (Å²) in [5.41, 5.74) is 0.150. The van der Waals surface area contributed by atoms with Crippen LogP contribution in [0.15, 0.2) is 30.3 Å². The molecule has 1 fully saturated rings. The van der Waals surface area contributed by atoms with Crippen LogP contribution in [0.3, 0.4) is 0 Å². The van der Waals surface area contributed by atoms with Crippen LogP contribution >= 0.6 is 0 Å². The molecule has 7 heteroatoms. The molecule has 0 bridgehead atoms. The maximum atomic E-state index is 12.9. The van der Waals surface area contributed by atoms with Crippen molar-refractivity contribution >= 4 is 18.0 Å². The Bertz CT molecular complexity index is 654. The summed E-state index contributed by atoms with van der Waals surface area (Å²) in [4.78, 5) is 37.7. The minimum Gasteiger partial charge on any atom is -0.548 e. The van der Waals surface area contributed by atoms with Crippen molar-refractivity contribution in [2.45, 2.75) is 57.7 Å². The number of carboxylic acid groups (broad SMARTS) is 1. The lowest BCUT2D eigenvalue weighted by atomic mass is 10.0. The maximum Gasteiger partial charge on any atom is 0.408 e. The number of nitrogens with zero attached hydrogens (tertiary/aromatic N) is 1. The van der Waals surface area contributed by atoms with E-state index in [4.69, 9.17) is 4.74 Å². The van der Waals surface area contributed by atoms with E-state index in [1.807, 2.05) is 30.3 Å². The van der Waals surface area contributed by atoms with E-state index in [-0.39, 0.29) is 6.42 Å². The van der Waals surface area contributed by atoms with Crippen LogP contribution in [-0.2, 0) is 20.7 Å². The zero-order valence-electron chi connectivity index (χ0n) is 15.4. The lowest BCUT2D eigenvalue weighted by molar-refractivity contribution is -0.310. The van der Waals surface area contributed by atoms with Gasteiger partial charge in [-0.1, -0.05) is 30.3 Å². The normalized spacial score (nSPS) is 18.3. The molecule has 1 aromatic rings. The molecule has 1 N–H and O–H groups in total. The third-order valence-electron chi connectivity index (χ3n) is 4.08. The highest BCUT2D eigenvalue weighted by molar-refractivity contribution is 5.89. The smallest absolute Gasteiger partial charge is 0.408 e. The van der Waals surface area contributed by atoms with E-state index < -0.39 is 35.7 Å². The number of carbonyl (C=O) groups is 3. The topological polar surface area (TPSA) is 98.8 Å². The minimum atomic E-state index is -1.27. The highest BCUT2D eigenvalue weighted by Crippen LogP contribution is 2.19. The standard InChI is InChI=1S/C19H26N2O5/c1-19(2,3)26-18(25)20-14(12-13-8-5-4-6-9-13)16(22)21-11-7-10-15(21)17(23)24/h4-6,8-9,14-15H,7,10-12H2,1-3H3,(H,20,25)(H,23,24)/p-1/t14-,15-/m1/s1. The third-order valence-corrected chi connectivity index (χ3v) is 4.08. The molecule has 1 aromatic carbocycles. The van der Waals surface area contributed by atoms with Gasteiger partial charge in [0.1, 0.15) is 11.6 Å². The maximum absolute atomic E-state index is 12.9. The van der Waals surface area contributed by atoms with Crippen LogP contribution in [0.5, 0.6) is 0 Å². The first-order valence-electron chi connectivity index (χ1n) is 8.72. The largest absolute Gasteiger partial charge is 0.548 e. The zero-order chi connectivity index (χ0) is 19.3. The van der Waals surface area contributed by atoms with Crippen molar-refractivity contribution in [3.63, 3.8) is 0 Å². The average molecular weight is 361 g/mol. The van der Waals surface area contributed by atoms with Gasteiger partial charge in [-0.05, 0) is 39.2 Å². The average Bonchev–Trinajstić information content (AvgIpc) is 3.02. The molecule has 2 amide bonds. The number of benzene rings is 1. The number of ether oxygens (including phenoxy) is 1. The fourth-order valence-corrected chi connectivity index (χ4v) is 2.98. The Labute approximate surface area is 153 Å². The van der Waals surface area contributed by atoms with Crippen molar-refractivity contribution in [1.82, 2.24) is 10.2 Å². The Hall–Kier alpha value is -2.57. The molecule has 1 aliphatic heterocycles. The summed E-state index contributed by atoms with van der Waals surface area (Å²) in [6.45, 7) is 5.52. The zero-order valence-corrected chi connectivity index (χ0v) is 15.4. The molecule has 0 saturated carbocycles. The lowest BCUT2D eigenvalue weighted by Gasteiger charge is -2.30. The van der Waals surface area contributed by atoms with Gasteiger partial charge < -0.3 is 24.9 Å². The Balaban J connectivity index is 2.17. The number of rotatable bonds is 5. The van der Waals surface area contributed by atoms with Gasteiger partial charge in [0.15, 0.2) is 0 Å². The fraction of sp³-hybridized carbons (Fsp3) is 0.526. The predicted molar refractivity (Wildman–Crippen MR) is 93.0 cm³/mol. The minimum absolute atomic E-state index is 0.245. The molecule has 0 radical (unpaired) electrons. The van der Waals surface area contributed by atoms with Crippen molar-refractivity contribution in [2.24, 2.45) is 0 Å². The highest BCUT2D eigenvalue weighted by atomic mass is 16.6. The Morgan fingerprint density at radius 3 is 2.50 bits per heavy atom. The van der Waals surface area contributed by atoms with E-state index in [2.05, 4.69) is 5.32 Å². The van der Waals surface area contributed by atoms with Crippen LogP contribution in [0.2, 0.25) is 0 Å². The first-order valence-corrected chi connectivity index (χ1v) is 8.72.